The van der Waals surface area contributed by atoms with E-state index >= 15 is 0 Å². The Kier molecular flexibility index (Phi) is 5.02. The number of nitrogens with zero attached hydrogens (tertiary/aromatic N) is 2. The summed E-state index contributed by atoms with van der Waals surface area (Å²) in [4.78, 5) is 22.1. The Hall–Kier alpha value is -2.51. The van der Waals surface area contributed by atoms with E-state index in [0.29, 0.717) is 16.5 Å². The molecule has 0 aliphatic rings. The van der Waals surface area contributed by atoms with Crippen molar-refractivity contribution in [3.8, 4) is 22.9 Å². The second-order valence-electron chi connectivity index (χ2n) is 5.19. The maximum Gasteiger partial charge on any atom is 0.353 e. The minimum atomic E-state index is -0.336. The maximum atomic E-state index is 12.2. The summed E-state index contributed by atoms with van der Waals surface area (Å²) < 4.78 is 5.40. The van der Waals surface area contributed by atoms with Crippen LogP contribution in [-0.2, 0) is 6.04 Å². The Morgan fingerprint density at radius 2 is 1.88 bits per heavy atom. The Bertz CT molecular complexity index is 832. The van der Waals surface area contributed by atoms with Gasteiger partial charge in [-0.1, -0.05) is 6.55 Å². The predicted molar refractivity (Wildman–Crippen MR) is 96.5 cm³/mol. The smallest absolute Gasteiger partial charge is 0.353 e. The lowest BCUT2D eigenvalue weighted by Gasteiger charge is -2.04. The molecular formula is C17H16N2O3SSi. The fraction of sp³-hybridized carbons (Fsp3) is 0.118. The summed E-state index contributed by atoms with van der Waals surface area (Å²) in [7, 11) is -0.0545. The first kappa shape index (κ1) is 16.3. The second kappa shape index (κ2) is 7.37. The van der Waals surface area contributed by atoms with Crippen molar-refractivity contribution in [3.63, 3.8) is 0 Å². The molecule has 0 radical (unpaired) electrons. The van der Waals surface area contributed by atoms with Crippen LogP contribution in [0, 0.1) is 0 Å². The number of thiophene rings is 1. The minimum absolute atomic E-state index is 0.0188. The fourth-order valence-corrected chi connectivity index (χ4v) is 4.53. The summed E-state index contributed by atoms with van der Waals surface area (Å²) in [6.07, 6.45) is 2.67. The van der Waals surface area contributed by atoms with Crippen LogP contribution in [0.4, 0.5) is 0 Å². The average molecular weight is 356 g/mol. The van der Waals surface area contributed by atoms with Crippen molar-refractivity contribution < 1.29 is 14.6 Å². The number of esters is 1. The summed E-state index contributed by atoms with van der Waals surface area (Å²) in [5.41, 5.74) is 0.779. The largest absolute Gasteiger partial charge is 0.505 e. The van der Waals surface area contributed by atoms with Crippen molar-refractivity contribution in [2.24, 2.45) is 0 Å². The van der Waals surface area contributed by atoms with E-state index < -0.39 is 0 Å². The normalized spacial score (nSPS) is 11.0. The van der Waals surface area contributed by atoms with Crippen LogP contribution in [0.5, 0.6) is 11.5 Å². The highest BCUT2D eigenvalue weighted by Crippen LogP contribution is 2.22. The van der Waals surface area contributed by atoms with Crippen LogP contribution in [0.15, 0.2) is 48.8 Å². The van der Waals surface area contributed by atoms with Gasteiger partial charge in [0.25, 0.3) is 0 Å². The molecule has 1 N–H and O–H groups in total. The number of ether oxygens (including phenoxy) is 1. The number of aromatic nitrogens is 2. The van der Waals surface area contributed by atoms with E-state index in [9.17, 15) is 9.90 Å². The highest BCUT2D eigenvalue weighted by atomic mass is 32.1. The summed E-state index contributed by atoms with van der Waals surface area (Å²) >= 11 is 1.50. The van der Waals surface area contributed by atoms with Crippen molar-refractivity contribution >= 4 is 26.8 Å². The number of rotatable bonds is 5. The highest BCUT2D eigenvalue weighted by Gasteiger charge is 2.12. The van der Waals surface area contributed by atoms with Crippen LogP contribution < -0.4 is 4.74 Å². The van der Waals surface area contributed by atoms with Gasteiger partial charge in [-0.25, -0.2) is 14.8 Å². The number of carbonyl (C=O) groups is 1. The van der Waals surface area contributed by atoms with E-state index in [-0.39, 0.29) is 21.2 Å². The monoisotopic (exact) mass is 356 g/mol. The van der Waals surface area contributed by atoms with E-state index in [2.05, 4.69) is 16.5 Å². The molecule has 0 aliphatic heterocycles. The molecule has 24 heavy (non-hydrogen) atoms. The second-order valence-corrected chi connectivity index (χ2v) is 7.86. The molecule has 0 bridgehead atoms. The van der Waals surface area contributed by atoms with Crippen molar-refractivity contribution in [2.45, 2.75) is 12.6 Å². The van der Waals surface area contributed by atoms with Gasteiger partial charge in [0.1, 0.15) is 10.6 Å². The van der Waals surface area contributed by atoms with Gasteiger partial charge in [-0.2, -0.15) is 0 Å². The SMILES string of the molecule is C[SiH2]Cc1ccc(C(=O)Oc2ccc(-c3ncc(O)cn3)cc2)s1. The Morgan fingerprint density at radius 3 is 2.54 bits per heavy atom. The average Bonchev–Trinajstić information content (AvgIpc) is 3.06. The van der Waals surface area contributed by atoms with E-state index in [0.717, 1.165) is 11.6 Å². The van der Waals surface area contributed by atoms with Gasteiger partial charge in [0, 0.05) is 20.0 Å². The molecule has 0 spiro atoms. The molecule has 0 saturated heterocycles. The van der Waals surface area contributed by atoms with E-state index in [1.807, 2.05) is 12.1 Å². The van der Waals surface area contributed by atoms with Gasteiger partial charge in [0.15, 0.2) is 11.6 Å². The highest BCUT2D eigenvalue weighted by molar-refractivity contribution is 7.14. The van der Waals surface area contributed by atoms with Gasteiger partial charge in [0.05, 0.1) is 12.4 Å². The molecule has 0 saturated carbocycles. The number of hydrogen-bond donors (Lipinski definition) is 1. The quantitative estimate of drug-likeness (QED) is 0.432. The zero-order valence-electron chi connectivity index (χ0n) is 13.1. The van der Waals surface area contributed by atoms with Gasteiger partial charge in [-0.15, -0.1) is 11.3 Å². The molecular weight excluding hydrogens is 340 g/mol. The van der Waals surface area contributed by atoms with E-state index in [4.69, 9.17) is 4.74 Å². The standard InChI is InChI=1S/C17H16N2O3SSi/c1-24-10-14-6-7-15(23-14)17(21)22-13-4-2-11(3-5-13)16-18-8-12(20)9-19-16/h2-9,20H,10,24H2,1H3. The third kappa shape index (κ3) is 3.87. The molecule has 0 fully saturated rings. The molecule has 7 heteroatoms. The van der Waals surface area contributed by atoms with E-state index in [1.165, 1.54) is 28.6 Å². The van der Waals surface area contributed by atoms with Crippen LogP contribution >= 0.6 is 11.3 Å². The van der Waals surface area contributed by atoms with Gasteiger partial charge in [-0.3, -0.25) is 0 Å². The Balaban J connectivity index is 1.69. The third-order valence-electron chi connectivity index (χ3n) is 3.32. The number of carbonyl (C=O) groups excluding carboxylic acids is 1. The van der Waals surface area contributed by atoms with Crippen molar-refractivity contribution in [1.82, 2.24) is 9.97 Å². The van der Waals surface area contributed by atoms with Gasteiger partial charge >= 0.3 is 5.97 Å². The molecule has 3 rings (SSSR count). The van der Waals surface area contributed by atoms with Crippen molar-refractivity contribution in [2.75, 3.05) is 0 Å². The first-order chi connectivity index (χ1) is 11.7. The lowest BCUT2D eigenvalue weighted by Crippen LogP contribution is -2.06. The summed E-state index contributed by atoms with van der Waals surface area (Å²) in [6.45, 7) is 2.25. The molecule has 0 amide bonds. The van der Waals surface area contributed by atoms with Crippen LogP contribution in [0.1, 0.15) is 14.5 Å². The number of benzene rings is 1. The lowest BCUT2D eigenvalue weighted by molar-refractivity contribution is 0.0740. The zero-order chi connectivity index (χ0) is 16.9. The molecule has 122 valence electrons. The maximum absolute atomic E-state index is 12.2. The molecule has 0 unspecified atom stereocenters. The lowest BCUT2D eigenvalue weighted by atomic mass is 10.2. The molecule has 1 aromatic carbocycles. The van der Waals surface area contributed by atoms with Crippen LogP contribution in [0.25, 0.3) is 11.4 Å². The molecule has 5 nitrogen and oxygen atoms in total. The fourth-order valence-electron chi connectivity index (χ4n) is 2.17. The molecule has 3 aromatic rings. The van der Waals surface area contributed by atoms with Crippen LogP contribution in [0.2, 0.25) is 6.55 Å². The third-order valence-corrected chi connectivity index (χ3v) is 5.85. The van der Waals surface area contributed by atoms with Gasteiger partial charge in [0.2, 0.25) is 0 Å². The van der Waals surface area contributed by atoms with Gasteiger partial charge in [-0.05, 0) is 42.4 Å². The summed E-state index contributed by atoms with van der Waals surface area (Å²) in [6, 6.07) is 11.9. The van der Waals surface area contributed by atoms with E-state index in [1.54, 1.807) is 24.3 Å². The first-order valence-corrected chi connectivity index (χ1v) is 10.8. The Labute approximate surface area is 145 Å². The van der Waals surface area contributed by atoms with Crippen LogP contribution in [-0.4, -0.2) is 30.6 Å². The summed E-state index contributed by atoms with van der Waals surface area (Å²) in [5, 5.41) is 9.21. The predicted octanol–water partition coefficient (Wildman–Crippen LogP) is 2.85. The van der Waals surface area contributed by atoms with Crippen molar-refractivity contribution in [3.05, 3.63) is 58.5 Å². The summed E-state index contributed by atoms with van der Waals surface area (Å²) in [5.74, 6) is 0.655. The van der Waals surface area contributed by atoms with Gasteiger partial charge < -0.3 is 9.84 Å². The molecule has 0 aliphatic carbocycles. The minimum Gasteiger partial charge on any atom is -0.505 e. The Morgan fingerprint density at radius 1 is 1.17 bits per heavy atom. The molecule has 2 aromatic heterocycles. The number of aromatic hydroxyl groups is 1. The van der Waals surface area contributed by atoms with Crippen LogP contribution in [0.3, 0.4) is 0 Å². The molecule has 0 atom stereocenters. The first-order valence-electron chi connectivity index (χ1n) is 7.58. The molecule has 2 heterocycles. The topological polar surface area (TPSA) is 72.3 Å². The zero-order valence-corrected chi connectivity index (χ0v) is 15.3. The van der Waals surface area contributed by atoms with Crippen molar-refractivity contribution in [1.29, 1.82) is 0 Å². The number of hydrogen-bond acceptors (Lipinski definition) is 6.